The second-order valence-electron chi connectivity index (χ2n) is 2.91. The van der Waals surface area contributed by atoms with Gasteiger partial charge in [-0.3, -0.25) is 4.98 Å². The lowest BCUT2D eigenvalue weighted by Gasteiger charge is -2.14. The average molecular weight is 239 g/mol. The lowest BCUT2D eigenvalue weighted by Crippen LogP contribution is -2.18. The van der Waals surface area contributed by atoms with Gasteiger partial charge in [0.15, 0.2) is 11.5 Å². The highest BCUT2D eigenvalue weighted by molar-refractivity contribution is 5.44. The minimum atomic E-state index is -4.85. The van der Waals surface area contributed by atoms with Crippen LogP contribution in [0, 0.1) is 6.92 Å². The van der Waals surface area contributed by atoms with Gasteiger partial charge in [-0.25, -0.2) is 4.39 Å². The quantitative estimate of drug-likeness (QED) is 0.760. The zero-order valence-electron chi connectivity index (χ0n) is 8.56. The Kier molecular flexibility index (Phi) is 3.56. The van der Waals surface area contributed by atoms with E-state index in [9.17, 15) is 17.6 Å². The predicted molar refractivity (Wildman–Crippen MR) is 47.0 cm³/mol. The molecule has 1 aromatic rings. The van der Waals surface area contributed by atoms with E-state index < -0.39 is 18.8 Å². The van der Waals surface area contributed by atoms with Crippen LogP contribution in [-0.2, 0) is 6.67 Å². The molecule has 0 aliphatic rings. The van der Waals surface area contributed by atoms with E-state index in [1.54, 1.807) is 0 Å². The number of hydrogen-bond acceptors (Lipinski definition) is 3. The van der Waals surface area contributed by atoms with E-state index in [1.807, 2.05) is 0 Å². The van der Waals surface area contributed by atoms with Gasteiger partial charge in [0, 0.05) is 6.07 Å². The van der Waals surface area contributed by atoms with Gasteiger partial charge in [0.2, 0.25) is 0 Å². The van der Waals surface area contributed by atoms with Gasteiger partial charge < -0.3 is 9.47 Å². The van der Waals surface area contributed by atoms with E-state index in [0.29, 0.717) is 0 Å². The number of methoxy groups -OCH3 is 1. The molecule has 3 nitrogen and oxygen atoms in total. The number of aromatic nitrogens is 1. The Morgan fingerprint density at radius 1 is 1.38 bits per heavy atom. The fraction of sp³-hybridized carbons (Fsp3) is 0.444. The van der Waals surface area contributed by atoms with Crippen molar-refractivity contribution in [3.05, 3.63) is 17.5 Å². The number of nitrogens with zero attached hydrogens (tertiary/aromatic N) is 1. The van der Waals surface area contributed by atoms with Crippen molar-refractivity contribution in [2.24, 2.45) is 0 Å². The van der Waals surface area contributed by atoms with Gasteiger partial charge in [0.05, 0.1) is 18.5 Å². The van der Waals surface area contributed by atoms with E-state index in [-0.39, 0.29) is 17.1 Å². The summed E-state index contributed by atoms with van der Waals surface area (Å²) in [4.78, 5) is 3.71. The predicted octanol–water partition coefficient (Wildman–Crippen LogP) is 2.77. The van der Waals surface area contributed by atoms with Crippen LogP contribution in [0.2, 0.25) is 0 Å². The number of aryl methyl sites for hydroxylation is 1. The molecule has 0 atom stereocenters. The third kappa shape index (κ3) is 2.98. The molecule has 1 rings (SSSR count). The number of hydrogen-bond donors (Lipinski definition) is 0. The van der Waals surface area contributed by atoms with Crippen LogP contribution in [0.4, 0.5) is 17.6 Å². The summed E-state index contributed by atoms with van der Waals surface area (Å²) in [6.07, 6.45) is -4.85. The molecule has 90 valence electrons. The topological polar surface area (TPSA) is 31.4 Å². The van der Waals surface area contributed by atoms with Crippen molar-refractivity contribution in [3.8, 4) is 11.5 Å². The Hall–Kier alpha value is -1.53. The molecule has 0 spiro atoms. The van der Waals surface area contributed by atoms with Crippen LogP contribution < -0.4 is 9.47 Å². The van der Waals surface area contributed by atoms with Crippen LogP contribution in [-0.4, -0.2) is 18.5 Å². The highest BCUT2D eigenvalue weighted by Crippen LogP contribution is 2.34. The monoisotopic (exact) mass is 239 g/mol. The zero-order valence-corrected chi connectivity index (χ0v) is 8.56. The van der Waals surface area contributed by atoms with Crippen LogP contribution in [0.5, 0.6) is 11.5 Å². The second-order valence-corrected chi connectivity index (χ2v) is 2.91. The maximum atomic E-state index is 12.3. The number of halogens is 4. The molecule has 0 amide bonds. The van der Waals surface area contributed by atoms with Gasteiger partial charge in [0.1, 0.15) is 6.67 Å². The molecule has 1 heterocycles. The maximum absolute atomic E-state index is 12.3. The van der Waals surface area contributed by atoms with E-state index >= 15 is 0 Å². The van der Waals surface area contributed by atoms with Crippen molar-refractivity contribution < 1.29 is 27.0 Å². The number of rotatable bonds is 3. The third-order valence-corrected chi connectivity index (χ3v) is 1.73. The lowest BCUT2D eigenvalue weighted by molar-refractivity contribution is -0.275. The van der Waals surface area contributed by atoms with Gasteiger partial charge in [0.25, 0.3) is 0 Å². The van der Waals surface area contributed by atoms with Gasteiger partial charge in [-0.2, -0.15) is 0 Å². The minimum Gasteiger partial charge on any atom is -0.491 e. The first kappa shape index (κ1) is 12.5. The van der Waals surface area contributed by atoms with Crippen molar-refractivity contribution in [3.63, 3.8) is 0 Å². The molecule has 7 heteroatoms. The number of ether oxygens (including phenoxy) is 2. The SMILES string of the molecule is COc1c(OC(F)(F)F)cc(CF)nc1C. The molecular formula is C9H9F4NO2. The first-order chi connectivity index (χ1) is 7.37. The van der Waals surface area contributed by atoms with Crippen molar-refractivity contribution >= 4 is 0 Å². The smallest absolute Gasteiger partial charge is 0.491 e. The fourth-order valence-corrected chi connectivity index (χ4v) is 1.21. The van der Waals surface area contributed by atoms with Crippen LogP contribution in [0.25, 0.3) is 0 Å². The normalized spacial score (nSPS) is 11.4. The van der Waals surface area contributed by atoms with Gasteiger partial charge >= 0.3 is 6.36 Å². The Balaban J connectivity index is 3.18. The standard InChI is InChI=1S/C9H9F4NO2/c1-5-8(15-2)7(16-9(11,12)13)3-6(4-10)14-5/h3H,4H2,1-2H3. The molecule has 0 unspecified atom stereocenters. The molecule has 0 aliphatic heterocycles. The Bertz CT molecular complexity index is 379. The molecule has 0 saturated carbocycles. The molecule has 0 bridgehead atoms. The van der Waals surface area contributed by atoms with Crippen molar-refractivity contribution in [1.82, 2.24) is 4.98 Å². The summed E-state index contributed by atoms with van der Waals surface area (Å²) in [6, 6.07) is 0.860. The Morgan fingerprint density at radius 2 is 2.00 bits per heavy atom. The van der Waals surface area contributed by atoms with Crippen molar-refractivity contribution in [2.75, 3.05) is 7.11 Å². The first-order valence-electron chi connectivity index (χ1n) is 4.23. The van der Waals surface area contributed by atoms with Crippen LogP contribution >= 0.6 is 0 Å². The largest absolute Gasteiger partial charge is 0.573 e. The van der Waals surface area contributed by atoms with Gasteiger partial charge in [-0.05, 0) is 6.92 Å². The maximum Gasteiger partial charge on any atom is 0.573 e. The summed E-state index contributed by atoms with van der Waals surface area (Å²) in [5.41, 5.74) is -0.00514. The summed E-state index contributed by atoms with van der Waals surface area (Å²) >= 11 is 0. The highest BCUT2D eigenvalue weighted by Gasteiger charge is 2.33. The van der Waals surface area contributed by atoms with Crippen LogP contribution in [0.3, 0.4) is 0 Å². The molecular weight excluding hydrogens is 230 g/mol. The van der Waals surface area contributed by atoms with Gasteiger partial charge in [-0.1, -0.05) is 0 Å². The zero-order chi connectivity index (χ0) is 12.3. The van der Waals surface area contributed by atoms with E-state index in [4.69, 9.17) is 4.74 Å². The Morgan fingerprint density at radius 3 is 2.44 bits per heavy atom. The molecule has 0 saturated heterocycles. The van der Waals surface area contributed by atoms with E-state index in [0.717, 1.165) is 6.07 Å². The summed E-state index contributed by atoms with van der Waals surface area (Å²) in [5.74, 6) is -0.746. The molecule has 0 radical (unpaired) electrons. The lowest BCUT2D eigenvalue weighted by atomic mass is 10.2. The molecule has 16 heavy (non-hydrogen) atoms. The summed E-state index contributed by atoms with van der Waals surface area (Å²) < 4.78 is 56.8. The summed E-state index contributed by atoms with van der Waals surface area (Å²) in [7, 11) is 1.18. The van der Waals surface area contributed by atoms with Crippen molar-refractivity contribution in [2.45, 2.75) is 20.0 Å². The first-order valence-corrected chi connectivity index (χ1v) is 4.23. The molecule has 1 aromatic heterocycles. The van der Waals surface area contributed by atoms with E-state index in [1.165, 1.54) is 14.0 Å². The van der Waals surface area contributed by atoms with Crippen molar-refractivity contribution in [1.29, 1.82) is 0 Å². The molecule has 0 fully saturated rings. The minimum absolute atomic E-state index is 0.136. The fourth-order valence-electron chi connectivity index (χ4n) is 1.21. The molecule has 0 aliphatic carbocycles. The van der Waals surface area contributed by atoms with Crippen LogP contribution in [0.15, 0.2) is 6.07 Å². The van der Waals surface area contributed by atoms with Crippen LogP contribution in [0.1, 0.15) is 11.4 Å². The number of pyridine rings is 1. The van der Waals surface area contributed by atoms with E-state index in [2.05, 4.69) is 9.72 Å². The summed E-state index contributed by atoms with van der Waals surface area (Å²) in [6.45, 7) is 0.431. The summed E-state index contributed by atoms with van der Waals surface area (Å²) in [5, 5.41) is 0. The van der Waals surface area contributed by atoms with Gasteiger partial charge in [-0.15, -0.1) is 13.2 Å². The highest BCUT2D eigenvalue weighted by atomic mass is 19.4. The molecule has 0 aromatic carbocycles. The second kappa shape index (κ2) is 4.54. The molecule has 0 N–H and O–H groups in total. The average Bonchev–Trinajstić information content (AvgIpc) is 2.14. The number of alkyl halides is 4. The third-order valence-electron chi connectivity index (χ3n) is 1.73. The Labute approximate surface area is 89.0 Å².